The number of aromatic nitrogens is 1. The largest absolute Gasteiger partial charge is 0.496 e. The van der Waals surface area contributed by atoms with Crippen molar-refractivity contribution >= 4 is 38.5 Å². The number of Topliss-reactive ketones (excluding diaryl/α,β-unsaturated/α-hetero) is 1. The Labute approximate surface area is 207 Å². The second kappa shape index (κ2) is 10.1. The van der Waals surface area contributed by atoms with Crippen molar-refractivity contribution in [2.45, 2.75) is 4.90 Å². The molecular formula is C26H22N2O5S2. The molecule has 4 rings (SSSR count). The summed E-state index contributed by atoms with van der Waals surface area (Å²) in [5.74, 6) is 0.906. The normalized spacial score (nSPS) is 11.0. The van der Waals surface area contributed by atoms with E-state index in [9.17, 15) is 13.2 Å². The van der Waals surface area contributed by atoms with Crippen LogP contribution in [0.25, 0.3) is 16.0 Å². The number of hydrogen-bond donors (Lipinski definition) is 1. The third-order valence-electron chi connectivity index (χ3n) is 5.24. The monoisotopic (exact) mass is 506 g/mol. The predicted molar refractivity (Wildman–Crippen MR) is 138 cm³/mol. The van der Waals surface area contributed by atoms with Gasteiger partial charge in [-0.05, 0) is 53.9 Å². The molecule has 4 aromatic rings. The lowest BCUT2D eigenvalue weighted by Gasteiger charge is -2.15. The molecule has 1 N–H and O–H groups in total. The van der Waals surface area contributed by atoms with Gasteiger partial charge in [0.1, 0.15) is 17.3 Å². The molecule has 0 bridgehead atoms. The van der Waals surface area contributed by atoms with Crippen LogP contribution in [0.1, 0.15) is 15.9 Å². The van der Waals surface area contributed by atoms with Gasteiger partial charge < -0.3 is 9.47 Å². The van der Waals surface area contributed by atoms with Crippen LogP contribution in [0.2, 0.25) is 0 Å². The zero-order valence-corrected chi connectivity index (χ0v) is 20.7. The van der Waals surface area contributed by atoms with Crippen molar-refractivity contribution in [3.63, 3.8) is 0 Å². The highest BCUT2D eigenvalue weighted by atomic mass is 32.2. The number of benzene rings is 2. The Morgan fingerprint density at radius 1 is 0.971 bits per heavy atom. The highest BCUT2D eigenvalue weighted by Gasteiger charge is 2.21. The molecule has 0 atom stereocenters. The van der Waals surface area contributed by atoms with Crippen molar-refractivity contribution in [2.24, 2.45) is 0 Å². The average Bonchev–Trinajstić information content (AvgIpc) is 3.42. The van der Waals surface area contributed by atoms with Crippen molar-refractivity contribution < 1.29 is 22.7 Å². The number of allylic oxidation sites excluding steroid dienone is 1. The molecule has 35 heavy (non-hydrogen) atoms. The van der Waals surface area contributed by atoms with Gasteiger partial charge in [0.25, 0.3) is 10.0 Å². The molecule has 178 valence electrons. The van der Waals surface area contributed by atoms with Gasteiger partial charge in [-0.25, -0.2) is 13.4 Å². The maximum atomic E-state index is 13.3. The quantitative estimate of drug-likeness (QED) is 0.237. The summed E-state index contributed by atoms with van der Waals surface area (Å²) < 4.78 is 38.7. The van der Waals surface area contributed by atoms with Crippen LogP contribution < -0.4 is 14.2 Å². The van der Waals surface area contributed by atoms with Crippen molar-refractivity contribution in [3.05, 3.63) is 96.0 Å². The summed E-state index contributed by atoms with van der Waals surface area (Å²) >= 11 is 1.55. The molecule has 2 aromatic heterocycles. The van der Waals surface area contributed by atoms with Gasteiger partial charge in [0.15, 0.2) is 5.78 Å². The number of nitrogens with zero attached hydrogens (tertiary/aromatic N) is 1. The van der Waals surface area contributed by atoms with Gasteiger partial charge in [0.2, 0.25) is 0 Å². The molecular weight excluding hydrogens is 484 g/mol. The first-order chi connectivity index (χ1) is 16.8. The smallest absolute Gasteiger partial charge is 0.263 e. The second-order valence-electron chi connectivity index (χ2n) is 7.38. The fourth-order valence-electron chi connectivity index (χ4n) is 3.46. The van der Waals surface area contributed by atoms with Crippen molar-refractivity contribution in [1.29, 1.82) is 0 Å². The topological polar surface area (TPSA) is 94.6 Å². The number of carbonyl (C=O) groups excluding carboxylic acids is 1. The third-order valence-corrected chi connectivity index (χ3v) is 7.51. The SMILES string of the molecule is C=C(C(=O)c1ccc(S(=O)(=O)Nc2ccccn2)cc1)c1cc(-c2cccs2)c(OC)cc1OC. The number of ether oxygens (including phenoxy) is 2. The van der Waals surface area contributed by atoms with E-state index in [1.165, 1.54) is 37.6 Å². The van der Waals surface area contributed by atoms with Crippen molar-refractivity contribution in [3.8, 4) is 21.9 Å². The summed E-state index contributed by atoms with van der Waals surface area (Å²) in [5.41, 5.74) is 1.84. The van der Waals surface area contributed by atoms with E-state index in [-0.39, 0.29) is 22.1 Å². The Morgan fingerprint density at radius 2 is 1.71 bits per heavy atom. The van der Waals surface area contributed by atoms with E-state index >= 15 is 0 Å². The first-order valence-electron chi connectivity index (χ1n) is 10.4. The van der Waals surface area contributed by atoms with Crippen molar-refractivity contribution in [1.82, 2.24) is 4.98 Å². The van der Waals surface area contributed by atoms with Gasteiger partial charge in [0.05, 0.1) is 19.1 Å². The molecule has 0 aliphatic carbocycles. The number of thiophene rings is 1. The van der Waals surface area contributed by atoms with Crippen LogP contribution in [0, 0.1) is 0 Å². The number of carbonyl (C=O) groups is 1. The number of pyridine rings is 1. The standard InChI is InChI=1S/C26H22N2O5S2/c1-17(20-15-21(24-7-6-14-34-24)23(33-3)16-22(20)32-2)26(29)18-9-11-19(12-10-18)35(30,31)28-25-8-4-5-13-27-25/h4-16H,1H2,2-3H3,(H,27,28). The number of hydrogen-bond acceptors (Lipinski definition) is 7. The number of anilines is 1. The van der Waals surface area contributed by atoms with Crippen LogP contribution in [-0.2, 0) is 10.0 Å². The molecule has 2 heterocycles. The Morgan fingerprint density at radius 3 is 2.31 bits per heavy atom. The van der Waals surface area contributed by atoms with E-state index in [0.29, 0.717) is 22.6 Å². The van der Waals surface area contributed by atoms with Crippen LogP contribution in [0.4, 0.5) is 5.82 Å². The Balaban J connectivity index is 1.62. The van der Waals surface area contributed by atoms with Gasteiger partial charge in [-0.1, -0.05) is 18.7 Å². The third kappa shape index (κ3) is 5.11. The Bertz CT molecular complexity index is 1460. The highest BCUT2D eigenvalue weighted by Crippen LogP contribution is 2.40. The molecule has 7 nitrogen and oxygen atoms in total. The second-order valence-corrected chi connectivity index (χ2v) is 10.0. The van der Waals surface area contributed by atoms with Gasteiger partial charge in [0, 0.05) is 39.4 Å². The predicted octanol–water partition coefficient (Wildman–Crippen LogP) is 5.52. The summed E-state index contributed by atoms with van der Waals surface area (Å²) in [7, 11) is -0.774. The van der Waals surface area contributed by atoms with Gasteiger partial charge >= 0.3 is 0 Å². The lowest BCUT2D eigenvalue weighted by molar-refractivity contribution is 0.105. The molecule has 0 saturated carbocycles. The highest BCUT2D eigenvalue weighted by molar-refractivity contribution is 7.92. The summed E-state index contributed by atoms with van der Waals surface area (Å²) in [4.78, 5) is 18.2. The first kappa shape index (κ1) is 24.2. The summed E-state index contributed by atoms with van der Waals surface area (Å²) in [6, 6.07) is 18.0. The Kier molecular flexibility index (Phi) is 6.99. The van der Waals surface area contributed by atoms with E-state index in [0.717, 1.165) is 10.4 Å². The molecule has 0 saturated heterocycles. The van der Waals surface area contributed by atoms with Crippen LogP contribution in [-0.4, -0.2) is 33.4 Å². The van der Waals surface area contributed by atoms with E-state index in [1.807, 2.05) is 23.6 Å². The summed E-state index contributed by atoms with van der Waals surface area (Å²) in [5, 5.41) is 1.96. The fraction of sp³-hybridized carbons (Fsp3) is 0.0769. The lowest BCUT2D eigenvalue weighted by Crippen LogP contribution is -2.14. The van der Waals surface area contributed by atoms with E-state index < -0.39 is 10.0 Å². The average molecular weight is 507 g/mol. The summed E-state index contributed by atoms with van der Waals surface area (Å²) in [6.07, 6.45) is 1.49. The fourth-order valence-corrected chi connectivity index (χ4v) is 5.22. The van der Waals surface area contributed by atoms with E-state index in [1.54, 1.807) is 42.7 Å². The minimum absolute atomic E-state index is 0.00678. The summed E-state index contributed by atoms with van der Waals surface area (Å²) in [6.45, 7) is 4.01. The molecule has 2 aromatic carbocycles. The number of methoxy groups -OCH3 is 2. The van der Waals surface area contributed by atoms with Gasteiger partial charge in [-0.3, -0.25) is 9.52 Å². The minimum atomic E-state index is -3.86. The maximum absolute atomic E-state index is 13.3. The van der Waals surface area contributed by atoms with Crippen LogP contribution in [0.3, 0.4) is 0 Å². The molecule has 0 amide bonds. The van der Waals surface area contributed by atoms with E-state index in [4.69, 9.17) is 9.47 Å². The first-order valence-corrected chi connectivity index (χ1v) is 12.8. The van der Waals surface area contributed by atoms with Crippen LogP contribution in [0.15, 0.2) is 89.8 Å². The van der Waals surface area contributed by atoms with Crippen LogP contribution >= 0.6 is 11.3 Å². The molecule has 0 aliphatic heterocycles. The van der Waals surface area contributed by atoms with Crippen molar-refractivity contribution in [2.75, 3.05) is 18.9 Å². The number of sulfonamides is 1. The zero-order chi connectivity index (χ0) is 25.0. The number of ketones is 1. The molecule has 0 spiro atoms. The number of nitrogens with one attached hydrogen (secondary N) is 1. The molecule has 0 fully saturated rings. The number of rotatable bonds is 9. The van der Waals surface area contributed by atoms with Gasteiger partial charge in [-0.15, -0.1) is 11.3 Å². The zero-order valence-electron chi connectivity index (χ0n) is 19.0. The molecule has 0 radical (unpaired) electrons. The van der Waals surface area contributed by atoms with E-state index in [2.05, 4.69) is 16.3 Å². The van der Waals surface area contributed by atoms with Gasteiger partial charge in [-0.2, -0.15) is 0 Å². The molecule has 0 unspecified atom stereocenters. The minimum Gasteiger partial charge on any atom is -0.496 e. The lowest BCUT2D eigenvalue weighted by atomic mass is 9.95. The van der Waals surface area contributed by atoms with Crippen LogP contribution in [0.5, 0.6) is 11.5 Å². The maximum Gasteiger partial charge on any atom is 0.263 e. The molecule has 9 heteroatoms. The Hall–Kier alpha value is -3.95. The molecule has 0 aliphatic rings.